The maximum Gasteiger partial charge on any atom is 0.242 e. The van der Waals surface area contributed by atoms with Gasteiger partial charge in [-0.1, -0.05) is 0 Å². The third-order valence-electron chi connectivity index (χ3n) is 2.43. The van der Waals surface area contributed by atoms with Gasteiger partial charge in [0.2, 0.25) is 10.0 Å². The summed E-state index contributed by atoms with van der Waals surface area (Å²) in [6.07, 6.45) is 3.09. The van der Waals surface area contributed by atoms with Crippen LogP contribution in [0.15, 0.2) is 35.5 Å². The van der Waals surface area contributed by atoms with Crippen molar-refractivity contribution in [1.82, 2.24) is 14.9 Å². The van der Waals surface area contributed by atoms with Crippen molar-refractivity contribution in [2.45, 2.75) is 11.4 Å². The van der Waals surface area contributed by atoms with E-state index in [1.54, 1.807) is 6.20 Å². The summed E-state index contributed by atoms with van der Waals surface area (Å²) in [6, 6.07) is 5.89. The van der Waals surface area contributed by atoms with Crippen molar-refractivity contribution in [2.24, 2.45) is 0 Å². The van der Waals surface area contributed by atoms with Gasteiger partial charge in [-0.05, 0) is 18.2 Å². The minimum atomic E-state index is -3.77. The van der Waals surface area contributed by atoms with E-state index in [9.17, 15) is 8.42 Å². The monoisotopic (exact) mass is 277 g/mol. The molecule has 0 radical (unpaired) electrons. The first-order chi connectivity index (χ1) is 9.03. The number of benzene rings is 1. The molecule has 0 fully saturated rings. The first-order valence-electron chi connectivity index (χ1n) is 5.30. The van der Waals surface area contributed by atoms with Crippen LogP contribution in [0.1, 0.15) is 11.1 Å². The van der Waals surface area contributed by atoms with E-state index in [1.165, 1.54) is 24.4 Å². The number of aromatic nitrogens is 2. The second-order valence-electron chi connectivity index (χ2n) is 3.80. The third-order valence-corrected chi connectivity index (χ3v) is 3.89. The molecular formula is C11H11N5O2S. The number of hydrogen-bond donors (Lipinski definition) is 3. The van der Waals surface area contributed by atoms with Gasteiger partial charge in [-0.2, -0.15) is 10.4 Å². The molecule has 1 aromatic heterocycles. The standard InChI is InChI=1S/C11H11N5O2S/c12-4-9-3-10(13)1-2-11(9)19(17,18)16-7-8-5-14-15-6-8/h1-3,5-6,16H,7,13H2,(H,14,15). The van der Waals surface area contributed by atoms with Gasteiger partial charge in [-0.25, -0.2) is 13.1 Å². The normalized spacial score (nSPS) is 11.1. The smallest absolute Gasteiger partial charge is 0.242 e. The number of H-pyrrole nitrogens is 1. The van der Waals surface area contributed by atoms with Crippen LogP contribution in [0.3, 0.4) is 0 Å². The van der Waals surface area contributed by atoms with Crippen molar-refractivity contribution in [2.75, 3.05) is 5.73 Å². The number of rotatable bonds is 4. The minimum absolute atomic E-state index is 0.0136. The Morgan fingerprint density at radius 2 is 2.26 bits per heavy atom. The summed E-state index contributed by atoms with van der Waals surface area (Å²) in [4.78, 5) is -0.0901. The molecule has 0 atom stereocenters. The zero-order valence-electron chi connectivity index (χ0n) is 9.79. The van der Waals surface area contributed by atoms with Crippen LogP contribution in [-0.2, 0) is 16.6 Å². The predicted octanol–water partition coefficient (Wildman–Crippen LogP) is 0.342. The van der Waals surface area contributed by atoms with Crippen LogP contribution in [0.5, 0.6) is 0 Å². The number of nitrogen functional groups attached to an aromatic ring is 1. The molecule has 1 aromatic carbocycles. The maximum atomic E-state index is 12.1. The van der Waals surface area contributed by atoms with E-state index in [0.717, 1.165) is 0 Å². The fourth-order valence-corrected chi connectivity index (χ4v) is 2.65. The lowest BCUT2D eigenvalue weighted by Gasteiger charge is -2.07. The van der Waals surface area contributed by atoms with Crippen LogP contribution >= 0.6 is 0 Å². The average molecular weight is 277 g/mol. The molecule has 1 heterocycles. The third kappa shape index (κ3) is 2.90. The molecule has 7 nitrogen and oxygen atoms in total. The van der Waals surface area contributed by atoms with Crippen molar-refractivity contribution in [1.29, 1.82) is 5.26 Å². The van der Waals surface area contributed by atoms with Crippen molar-refractivity contribution in [3.05, 3.63) is 41.7 Å². The minimum Gasteiger partial charge on any atom is -0.399 e. The molecular weight excluding hydrogens is 266 g/mol. The maximum absolute atomic E-state index is 12.1. The van der Waals surface area contributed by atoms with Gasteiger partial charge in [-0.3, -0.25) is 5.10 Å². The summed E-state index contributed by atoms with van der Waals surface area (Å²) in [7, 11) is -3.77. The molecule has 4 N–H and O–H groups in total. The average Bonchev–Trinajstić information content (AvgIpc) is 2.89. The second-order valence-corrected chi connectivity index (χ2v) is 5.53. The molecule has 8 heteroatoms. The molecule has 19 heavy (non-hydrogen) atoms. The van der Waals surface area contributed by atoms with Crippen LogP contribution in [0.2, 0.25) is 0 Å². The Balaban J connectivity index is 2.27. The van der Waals surface area contributed by atoms with E-state index in [1.807, 2.05) is 6.07 Å². The first kappa shape index (κ1) is 13.1. The summed E-state index contributed by atoms with van der Waals surface area (Å²) in [6.45, 7) is 0.0913. The highest BCUT2D eigenvalue weighted by molar-refractivity contribution is 7.89. The van der Waals surface area contributed by atoms with Crippen molar-refractivity contribution in [3.63, 3.8) is 0 Å². The van der Waals surface area contributed by atoms with E-state index in [4.69, 9.17) is 11.0 Å². The van der Waals surface area contributed by atoms with Crippen LogP contribution in [0.4, 0.5) is 5.69 Å². The molecule has 98 valence electrons. The number of anilines is 1. The number of hydrogen-bond acceptors (Lipinski definition) is 5. The van der Waals surface area contributed by atoms with Gasteiger partial charge in [0.1, 0.15) is 6.07 Å². The highest BCUT2D eigenvalue weighted by Gasteiger charge is 2.18. The molecule has 0 aliphatic carbocycles. The molecule has 0 aliphatic rings. The molecule has 0 bridgehead atoms. The number of sulfonamides is 1. The Morgan fingerprint density at radius 3 is 2.89 bits per heavy atom. The molecule has 0 saturated heterocycles. The van der Waals surface area contributed by atoms with Crippen LogP contribution in [0, 0.1) is 11.3 Å². The summed E-state index contributed by atoms with van der Waals surface area (Å²) in [5.74, 6) is 0. The Hall–Kier alpha value is -2.37. The molecule has 2 aromatic rings. The molecule has 0 amide bonds. The Kier molecular flexibility index (Phi) is 3.50. The number of nitrogens with two attached hydrogens (primary N) is 1. The number of nitrogens with one attached hydrogen (secondary N) is 2. The lowest BCUT2D eigenvalue weighted by Crippen LogP contribution is -2.24. The zero-order chi connectivity index (χ0) is 13.9. The van der Waals surface area contributed by atoms with Crippen LogP contribution in [-0.4, -0.2) is 18.6 Å². The molecule has 0 unspecified atom stereocenters. The fraction of sp³-hybridized carbons (Fsp3) is 0.0909. The van der Waals surface area contributed by atoms with E-state index in [-0.39, 0.29) is 17.0 Å². The summed E-state index contributed by atoms with van der Waals surface area (Å²) in [5, 5.41) is 15.2. The van der Waals surface area contributed by atoms with Gasteiger partial charge in [-0.15, -0.1) is 0 Å². The zero-order valence-corrected chi connectivity index (χ0v) is 10.6. The summed E-state index contributed by atoms with van der Waals surface area (Å²) in [5.41, 5.74) is 6.56. The van der Waals surface area contributed by atoms with E-state index < -0.39 is 10.0 Å². The molecule has 2 rings (SSSR count). The van der Waals surface area contributed by atoms with Gasteiger partial charge in [0.15, 0.2) is 0 Å². The first-order valence-corrected chi connectivity index (χ1v) is 6.78. The highest BCUT2D eigenvalue weighted by atomic mass is 32.2. The van der Waals surface area contributed by atoms with Crippen molar-refractivity contribution < 1.29 is 8.42 Å². The topological polar surface area (TPSA) is 125 Å². The fourth-order valence-electron chi connectivity index (χ4n) is 1.50. The van der Waals surface area contributed by atoms with E-state index in [0.29, 0.717) is 11.3 Å². The van der Waals surface area contributed by atoms with Gasteiger partial charge in [0.25, 0.3) is 0 Å². The van der Waals surface area contributed by atoms with Crippen LogP contribution in [0.25, 0.3) is 0 Å². The molecule has 0 aliphatic heterocycles. The van der Waals surface area contributed by atoms with Crippen molar-refractivity contribution in [3.8, 4) is 6.07 Å². The lowest BCUT2D eigenvalue weighted by atomic mass is 10.2. The van der Waals surface area contributed by atoms with Gasteiger partial charge >= 0.3 is 0 Å². The van der Waals surface area contributed by atoms with Gasteiger partial charge < -0.3 is 5.73 Å². The Morgan fingerprint density at radius 1 is 1.47 bits per heavy atom. The Bertz CT molecular complexity index is 716. The van der Waals surface area contributed by atoms with Crippen molar-refractivity contribution >= 4 is 15.7 Å². The largest absolute Gasteiger partial charge is 0.399 e. The van der Waals surface area contributed by atoms with E-state index >= 15 is 0 Å². The summed E-state index contributed by atoms with van der Waals surface area (Å²) < 4.78 is 26.6. The van der Waals surface area contributed by atoms with E-state index in [2.05, 4.69) is 14.9 Å². The molecule has 0 saturated carbocycles. The predicted molar refractivity (Wildman–Crippen MR) is 68.2 cm³/mol. The number of aromatic amines is 1. The number of nitriles is 1. The quantitative estimate of drug-likeness (QED) is 0.695. The SMILES string of the molecule is N#Cc1cc(N)ccc1S(=O)(=O)NCc1cn[nH]c1. The van der Waals surface area contributed by atoms with Crippen LogP contribution < -0.4 is 10.5 Å². The summed E-state index contributed by atoms with van der Waals surface area (Å²) >= 11 is 0. The number of nitrogens with zero attached hydrogens (tertiary/aromatic N) is 2. The lowest BCUT2D eigenvalue weighted by molar-refractivity contribution is 0.581. The Labute approximate surface area is 110 Å². The molecule has 0 spiro atoms. The second kappa shape index (κ2) is 5.09. The van der Waals surface area contributed by atoms with Gasteiger partial charge in [0, 0.05) is 24.0 Å². The highest BCUT2D eigenvalue weighted by Crippen LogP contribution is 2.18. The van der Waals surface area contributed by atoms with Gasteiger partial charge in [0.05, 0.1) is 16.7 Å².